The third-order valence-corrected chi connectivity index (χ3v) is 6.60. The second-order valence-electron chi connectivity index (χ2n) is 8.12. The highest BCUT2D eigenvalue weighted by molar-refractivity contribution is 7.92. The zero-order valence-electron chi connectivity index (χ0n) is 20.2. The number of nitrogens with zero attached hydrogens (tertiary/aromatic N) is 2. The van der Waals surface area contributed by atoms with Gasteiger partial charge in [-0.05, 0) is 61.0 Å². The molecule has 3 aromatic carbocycles. The van der Waals surface area contributed by atoms with Crippen LogP contribution in [0.2, 0.25) is 0 Å². The summed E-state index contributed by atoms with van der Waals surface area (Å²) in [4.78, 5) is 26.9. The van der Waals surface area contributed by atoms with Gasteiger partial charge in [0.2, 0.25) is 21.8 Å². The summed E-state index contributed by atoms with van der Waals surface area (Å²) in [6.07, 6.45) is 1.00. The number of para-hydroxylation sites is 1. The number of benzene rings is 3. The Labute approximate surface area is 210 Å². The van der Waals surface area contributed by atoms with Gasteiger partial charge in [0.15, 0.2) is 0 Å². The quantitative estimate of drug-likeness (QED) is 0.447. The van der Waals surface area contributed by atoms with Gasteiger partial charge in [0.25, 0.3) is 0 Å². The summed E-state index contributed by atoms with van der Waals surface area (Å²) in [5.74, 6) is -0.320. The van der Waals surface area contributed by atoms with Crippen molar-refractivity contribution in [3.63, 3.8) is 0 Å². The fourth-order valence-corrected chi connectivity index (χ4v) is 4.35. The van der Waals surface area contributed by atoms with Gasteiger partial charge in [0, 0.05) is 13.6 Å². The number of likely N-dealkylation sites (N-methyl/N-ethyl adjacent to an activating group) is 1. The van der Waals surface area contributed by atoms with Crippen LogP contribution in [0.5, 0.6) is 11.5 Å². The van der Waals surface area contributed by atoms with Crippen LogP contribution in [0.1, 0.15) is 12.5 Å². The van der Waals surface area contributed by atoms with Crippen molar-refractivity contribution >= 4 is 27.5 Å². The molecule has 2 amide bonds. The van der Waals surface area contributed by atoms with E-state index >= 15 is 0 Å². The van der Waals surface area contributed by atoms with Crippen molar-refractivity contribution < 1.29 is 27.1 Å². The van der Waals surface area contributed by atoms with Crippen LogP contribution >= 0.6 is 0 Å². The Balaban J connectivity index is 1.84. The molecule has 3 aromatic rings. The predicted octanol–water partition coefficient (Wildman–Crippen LogP) is 3.55. The largest absolute Gasteiger partial charge is 0.457 e. The highest BCUT2D eigenvalue weighted by Crippen LogP contribution is 2.26. The van der Waals surface area contributed by atoms with Gasteiger partial charge < -0.3 is 15.0 Å². The third kappa shape index (κ3) is 7.05. The molecule has 10 heteroatoms. The number of hydrogen-bond donors (Lipinski definition) is 1. The van der Waals surface area contributed by atoms with E-state index in [1.165, 1.54) is 36.2 Å². The Kier molecular flexibility index (Phi) is 8.65. The second-order valence-corrected chi connectivity index (χ2v) is 10.0. The summed E-state index contributed by atoms with van der Waals surface area (Å²) in [5, 5.41) is 2.50. The Bertz CT molecular complexity index is 1280. The molecule has 0 saturated heterocycles. The van der Waals surface area contributed by atoms with E-state index in [9.17, 15) is 22.4 Å². The predicted molar refractivity (Wildman–Crippen MR) is 136 cm³/mol. The molecule has 0 aromatic heterocycles. The van der Waals surface area contributed by atoms with E-state index in [0.29, 0.717) is 17.1 Å². The molecule has 36 heavy (non-hydrogen) atoms. The maximum atomic E-state index is 13.4. The average Bonchev–Trinajstić information content (AvgIpc) is 2.86. The first-order valence-corrected chi connectivity index (χ1v) is 13.0. The number of sulfonamides is 1. The molecule has 0 heterocycles. The monoisotopic (exact) mass is 513 g/mol. The minimum Gasteiger partial charge on any atom is -0.457 e. The van der Waals surface area contributed by atoms with Crippen LogP contribution in [0.15, 0.2) is 78.9 Å². The number of carbonyl (C=O) groups is 2. The zero-order valence-corrected chi connectivity index (χ0v) is 21.0. The van der Waals surface area contributed by atoms with Crippen molar-refractivity contribution in [1.82, 2.24) is 10.2 Å². The first-order chi connectivity index (χ1) is 17.1. The summed E-state index contributed by atoms with van der Waals surface area (Å²) in [6, 6.07) is 20.0. The molecule has 0 fully saturated rings. The van der Waals surface area contributed by atoms with Gasteiger partial charge in [0.05, 0.1) is 11.9 Å². The number of nitrogens with one attached hydrogen (secondary N) is 1. The number of amides is 2. The molecule has 0 bridgehead atoms. The van der Waals surface area contributed by atoms with E-state index in [-0.39, 0.29) is 12.2 Å². The van der Waals surface area contributed by atoms with Crippen LogP contribution in [0, 0.1) is 5.82 Å². The lowest BCUT2D eigenvalue weighted by molar-refractivity contribution is -0.139. The highest BCUT2D eigenvalue weighted by Gasteiger charge is 2.29. The maximum Gasteiger partial charge on any atom is 0.244 e. The highest BCUT2D eigenvalue weighted by atomic mass is 32.2. The lowest BCUT2D eigenvalue weighted by Crippen LogP contribution is -2.50. The molecule has 1 N–H and O–H groups in total. The number of hydrogen-bond acceptors (Lipinski definition) is 5. The summed E-state index contributed by atoms with van der Waals surface area (Å²) in [6.45, 7) is 1.01. The molecule has 0 saturated carbocycles. The van der Waals surface area contributed by atoms with Crippen molar-refractivity contribution in [3.8, 4) is 11.5 Å². The van der Waals surface area contributed by atoms with E-state index in [0.717, 1.165) is 10.6 Å². The Morgan fingerprint density at radius 1 is 0.944 bits per heavy atom. The molecule has 0 aliphatic rings. The second kappa shape index (κ2) is 11.7. The zero-order chi connectivity index (χ0) is 26.3. The van der Waals surface area contributed by atoms with Gasteiger partial charge in [0.1, 0.15) is 29.9 Å². The molecule has 0 aliphatic carbocycles. The van der Waals surface area contributed by atoms with Gasteiger partial charge in [-0.25, -0.2) is 12.8 Å². The van der Waals surface area contributed by atoms with Gasteiger partial charge in [-0.1, -0.05) is 30.3 Å². The third-order valence-electron chi connectivity index (χ3n) is 5.46. The van der Waals surface area contributed by atoms with Gasteiger partial charge in [-0.3, -0.25) is 13.9 Å². The van der Waals surface area contributed by atoms with Gasteiger partial charge in [-0.2, -0.15) is 0 Å². The Hall–Kier alpha value is -3.92. The van der Waals surface area contributed by atoms with Crippen LogP contribution < -0.4 is 14.4 Å². The van der Waals surface area contributed by atoms with Crippen LogP contribution in [-0.4, -0.2) is 51.0 Å². The minimum absolute atomic E-state index is 0.00481. The van der Waals surface area contributed by atoms with Crippen LogP contribution in [0.25, 0.3) is 0 Å². The van der Waals surface area contributed by atoms with E-state index in [1.54, 1.807) is 43.3 Å². The number of rotatable bonds is 10. The van der Waals surface area contributed by atoms with Crippen LogP contribution in [-0.2, 0) is 26.2 Å². The fourth-order valence-electron chi connectivity index (χ4n) is 3.50. The maximum absolute atomic E-state index is 13.4. The van der Waals surface area contributed by atoms with E-state index in [4.69, 9.17) is 4.74 Å². The van der Waals surface area contributed by atoms with Crippen LogP contribution in [0.3, 0.4) is 0 Å². The average molecular weight is 514 g/mol. The first-order valence-electron chi connectivity index (χ1n) is 11.1. The molecule has 3 rings (SSSR count). The first kappa shape index (κ1) is 26.7. The molecule has 0 spiro atoms. The summed E-state index contributed by atoms with van der Waals surface area (Å²) in [7, 11) is -2.41. The molecular formula is C26H28FN3O5S. The molecular weight excluding hydrogens is 485 g/mol. The number of anilines is 1. The molecule has 0 unspecified atom stereocenters. The summed E-state index contributed by atoms with van der Waals surface area (Å²) >= 11 is 0. The summed E-state index contributed by atoms with van der Waals surface area (Å²) < 4.78 is 45.3. The molecule has 0 aliphatic heterocycles. The normalized spacial score (nSPS) is 11.9. The molecule has 8 nitrogen and oxygen atoms in total. The SMILES string of the molecule is CNC(=O)[C@H](C)N(Cc1ccc(F)cc1)C(=O)CN(c1ccc(Oc2ccccc2)cc1)S(C)(=O)=O. The molecule has 190 valence electrons. The van der Waals surface area contributed by atoms with E-state index in [1.807, 2.05) is 18.2 Å². The number of halogens is 1. The van der Waals surface area contributed by atoms with Crippen molar-refractivity contribution in [2.24, 2.45) is 0 Å². The van der Waals surface area contributed by atoms with Crippen molar-refractivity contribution in [3.05, 3.63) is 90.2 Å². The Morgan fingerprint density at radius 2 is 1.53 bits per heavy atom. The van der Waals surface area contributed by atoms with E-state index < -0.39 is 40.2 Å². The molecule has 0 radical (unpaired) electrons. The molecule has 1 atom stereocenters. The minimum atomic E-state index is -3.85. The number of carbonyl (C=O) groups excluding carboxylic acids is 2. The van der Waals surface area contributed by atoms with Crippen molar-refractivity contribution in [2.45, 2.75) is 19.5 Å². The van der Waals surface area contributed by atoms with Crippen molar-refractivity contribution in [2.75, 3.05) is 24.2 Å². The fraction of sp³-hybridized carbons (Fsp3) is 0.231. The Morgan fingerprint density at radius 3 is 2.08 bits per heavy atom. The van der Waals surface area contributed by atoms with Crippen molar-refractivity contribution in [1.29, 1.82) is 0 Å². The topological polar surface area (TPSA) is 96.0 Å². The smallest absolute Gasteiger partial charge is 0.244 e. The van der Waals surface area contributed by atoms with Crippen LogP contribution in [0.4, 0.5) is 10.1 Å². The lowest BCUT2D eigenvalue weighted by atomic mass is 10.1. The van der Waals surface area contributed by atoms with E-state index in [2.05, 4.69) is 5.32 Å². The van der Waals surface area contributed by atoms with Gasteiger partial charge >= 0.3 is 0 Å². The van der Waals surface area contributed by atoms with Gasteiger partial charge in [-0.15, -0.1) is 0 Å². The summed E-state index contributed by atoms with van der Waals surface area (Å²) in [5.41, 5.74) is 0.856. The number of ether oxygens (including phenoxy) is 1. The standard InChI is InChI=1S/C26H28FN3O5S/c1-19(26(32)28-2)29(17-20-9-11-21(27)12-10-20)25(31)18-30(36(3,33)34)22-13-15-24(16-14-22)35-23-7-5-4-6-8-23/h4-16,19H,17-18H2,1-3H3,(H,28,32)/t19-/m0/s1. The lowest BCUT2D eigenvalue weighted by Gasteiger charge is -2.31.